The molecule has 1 aliphatic heterocycles. The zero-order valence-electron chi connectivity index (χ0n) is 9.89. The van der Waals surface area contributed by atoms with Gasteiger partial charge in [0.1, 0.15) is 12.4 Å². The molecule has 2 heterocycles. The molecule has 5 nitrogen and oxygen atoms in total. The van der Waals surface area contributed by atoms with Crippen molar-refractivity contribution in [2.75, 3.05) is 6.61 Å². The monoisotopic (exact) mass is 225 g/mol. The Morgan fingerprint density at radius 1 is 1.44 bits per heavy atom. The first-order valence-corrected chi connectivity index (χ1v) is 5.87. The Bertz CT molecular complexity index is 343. The maximum atomic E-state index is 9.19. The average molecular weight is 225 g/mol. The smallest absolute Gasteiger partial charge is 0.159 e. The van der Waals surface area contributed by atoms with Gasteiger partial charge in [-0.1, -0.05) is 0 Å². The standard InChI is InChI=1S/C11H19N3O2/c1-8(2)14-10(12-13-11(14)7-15)6-9-4-3-5-16-9/h8-9,15H,3-7H2,1-2H3. The van der Waals surface area contributed by atoms with Crippen LogP contribution < -0.4 is 0 Å². The lowest BCUT2D eigenvalue weighted by Crippen LogP contribution is -2.16. The van der Waals surface area contributed by atoms with Crippen LogP contribution in [0.5, 0.6) is 0 Å². The third kappa shape index (κ3) is 2.25. The molecular weight excluding hydrogens is 206 g/mol. The molecule has 1 atom stereocenters. The molecule has 0 radical (unpaired) electrons. The summed E-state index contributed by atoms with van der Waals surface area (Å²) in [4.78, 5) is 0. The highest BCUT2D eigenvalue weighted by molar-refractivity contribution is 4.99. The lowest BCUT2D eigenvalue weighted by Gasteiger charge is -2.15. The number of aliphatic hydroxyl groups is 1. The first-order valence-electron chi connectivity index (χ1n) is 5.87. The first-order chi connectivity index (χ1) is 7.72. The van der Waals surface area contributed by atoms with Gasteiger partial charge in [0.15, 0.2) is 5.82 Å². The van der Waals surface area contributed by atoms with Crippen LogP contribution in [0.2, 0.25) is 0 Å². The van der Waals surface area contributed by atoms with E-state index in [4.69, 9.17) is 4.74 Å². The van der Waals surface area contributed by atoms with E-state index in [1.165, 1.54) is 0 Å². The van der Waals surface area contributed by atoms with Gasteiger partial charge in [0.05, 0.1) is 6.10 Å². The molecule has 0 amide bonds. The molecule has 16 heavy (non-hydrogen) atoms. The van der Waals surface area contributed by atoms with Crippen molar-refractivity contribution < 1.29 is 9.84 Å². The summed E-state index contributed by atoms with van der Waals surface area (Å²) in [6, 6.07) is 0.272. The average Bonchev–Trinajstić information content (AvgIpc) is 2.87. The van der Waals surface area contributed by atoms with Crippen molar-refractivity contribution in [2.24, 2.45) is 0 Å². The fourth-order valence-electron chi connectivity index (χ4n) is 2.21. The van der Waals surface area contributed by atoms with Crippen LogP contribution in [0.3, 0.4) is 0 Å². The van der Waals surface area contributed by atoms with Crippen molar-refractivity contribution in [1.29, 1.82) is 0 Å². The lowest BCUT2D eigenvalue weighted by molar-refractivity contribution is 0.108. The topological polar surface area (TPSA) is 60.2 Å². The van der Waals surface area contributed by atoms with Crippen LogP contribution in [0.4, 0.5) is 0 Å². The minimum atomic E-state index is -0.0588. The Morgan fingerprint density at radius 2 is 2.19 bits per heavy atom. The van der Waals surface area contributed by atoms with Crippen LogP contribution in [-0.4, -0.2) is 32.6 Å². The van der Waals surface area contributed by atoms with Crippen molar-refractivity contribution in [3.63, 3.8) is 0 Å². The number of hydrogen-bond acceptors (Lipinski definition) is 4. The van der Waals surface area contributed by atoms with Crippen LogP contribution in [0.1, 0.15) is 44.4 Å². The van der Waals surface area contributed by atoms with Crippen molar-refractivity contribution in [3.05, 3.63) is 11.6 Å². The van der Waals surface area contributed by atoms with E-state index in [-0.39, 0.29) is 18.8 Å². The van der Waals surface area contributed by atoms with E-state index < -0.39 is 0 Å². The van der Waals surface area contributed by atoms with Gasteiger partial charge in [-0.3, -0.25) is 0 Å². The second kappa shape index (κ2) is 4.93. The van der Waals surface area contributed by atoms with Crippen molar-refractivity contribution in [2.45, 2.75) is 51.9 Å². The van der Waals surface area contributed by atoms with Crippen molar-refractivity contribution >= 4 is 0 Å². The third-order valence-corrected chi connectivity index (χ3v) is 2.93. The molecule has 1 fully saturated rings. The maximum absolute atomic E-state index is 9.19. The molecule has 5 heteroatoms. The molecule has 0 aliphatic carbocycles. The van der Waals surface area contributed by atoms with Gasteiger partial charge >= 0.3 is 0 Å². The molecule has 1 saturated heterocycles. The Morgan fingerprint density at radius 3 is 2.75 bits per heavy atom. The summed E-state index contributed by atoms with van der Waals surface area (Å²) in [6.45, 7) is 4.94. The van der Waals surface area contributed by atoms with E-state index in [0.717, 1.165) is 31.7 Å². The fraction of sp³-hybridized carbons (Fsp3) is 0.818. The predicted octanol–water partition coefficient (Wildman–Crippen LogP) is 1.07. The molecule has 0 saturated carbocycles. The number of hydrogen-bond donors (Lipinski definition) is 1. The molecule has 0 spiro atoms. The van der Waals surface area contributed by atoms with Gasteiger partial charge in [-0.2, -0.15) is 0 Å². The number of ether oxygens (including phenoxy) is 1. The molecule has 90 valence electrons. The Kier molecular flexibility index (Phi) is 3.56. The minimum absolute atomic E-state index is 0.0588. The Balaban J connectivity index is 2.15. The maximum Gasteiger partial charge on any atom is 0.159 e. The van der Waals surface area contributed by atoms with E-state index in [0.29, 0.717) is 5.82 Å². The van der Waals surface area contributed by atoms with Crippen LogP contribution in [0.15, 0.2) is 0 Å². The highest BCUT2D eigenvalue weighted by atomic mass is 16.5. The van der Waals surface area contributed by atoms with Crippen LogP contribution in [-0.2, 0) is 17.8 Å². The first kappa shape index (κ1) is 11.5. The van der Waals surface area contributed by atoms with Crippen LogP contribution in [0.25, 0.3) is 0 Å². The number of aliphatic hydroxyl groups excluding tert-OH is 1. The summed E-state index contributed by atoms with van der Waals surface area (Å²) in [5.41, 5.74) is 0. The molecule has 1 N–H and O–H groups in total. The zero-order valence-corrected chi connectivity index (χ0v) is 9.89. The number of rotatable bonds is 4. The minimum Gasteiger partial charge on any atom is -0.388 e. The summed E-state index contributed by atoms with van der Waals surface area (Å²) in [5.74, 6) is 1.56. The predicted molar refractivity (Wildman–Crippen MR) is 59.0 cm³/mol. The van der Waals surface area contributed by atoms with E-state index in [2.05, 4.69) is 24.0 Å². The summed E-state index contributed by atoms with van der Waals surface area (Å²) in [7, 11) is 0. The van der Waals surface area contributed by atoms with Crippen molar-refractivity contribution in [1.82, 2.24) is 14.8 Å². The SMILES string of the molecule is CC(C)n1c(CO)nnc1CC1CCCO1. The summed E-state index contributed by atoms with van der Waals surface area (Å²) < 4.78 is 7.59. The molecule has 1 aromatic rings. The van der Waals surface area contributed by atoms with Gasteiger partial charge in [-0.05, 0) is 26.7 Å². The molecule has 1 unspecified atom stereocenters. The van der Waals surface area contributed by atoms with E-state index in [1.54, 1.807) is 0 Å². The normalized spacial score (nSPS) is 20.9. The molecule has 2 rings (SSSR count). The van der Waals surface area contributed by atoms with E-state index in [1.807, 2.05) is 4.57 Å². The summed E-state index contributed by atoms with van der Waals surface area (Å²) in [6.07, 6.45) is 3.30. The number of nitrogens with zero attached hydrogens (tertiary/aromatic N) is 3. The van der Waals surface area contributed by atoms with Gasteiger partial charge in [0.25, 0.3) is 0 Å². The quantitative estimate of drug-likeness (QED) is 0.832. The second-order valence-electron chi connectivity index (χ2n) is 4.49. The largest absolute Gasteiger partial charge is 0.388 e. The summed E-state index contributed by atoms with van der Waals surface area (Å²) >= 11 is 0. The summed E-state index contributed by atoms with van der Waals surface area (Å²) in [5, 5.41) is 17.3. The van der Waals surface area contributed by atoms with Crippen LogP contribution >= 0.6 is 0 Å². The highest BCUT2D eigenvalue weighted by Crippen LogP contribution is 2.19. The van der Waals surface area contributed by atoms with Gasteiger partial charge in [-0.15, -0.1) is 10.2 Å². The highest BCUT2D eigenvalue weighted by Gasteiger charge is 2.21. The molecule has 0 aromatic carbocycles. The van der Waals surface area contributed by atoms with Crippen LogP contribution in [0, 0.1) is 0 Å². The molecule has 0 bridgehead atoms. The Labute approximate surface area is 95.4 Å². The van der Waals surface area contributed by atoms with E-state index in [9.17, 15) is 5.11 Å². The molecular formula is C11H19N3O2. The Hall–Kier alpha value is -0.940. The van der Waals surface area contributed by atoms with E-state index >= 15 is 0 Å². The zero-order chi connectivity index (χ0) is 11.5. The number of aromatic nitrogens is 3. The molecule has 1 aliphatic rings. The van der Waals surface area contributed by atoms with Gasteiger partial charge < -0.3 is 14.4 Å². The third-order valence-electron chi connectivity index (χ3n) is 2.93. The van der Waals surface area contributed by atoms with Gasteiger partial charge in [0, 0.05) is 19.1 Å². The van der Waals surface area contributed by atoms with Gasteiger partial charge in [-0.25, -0.2) is 0 Å². The van der Waals surface area contributed by atoms with Crippen molar-refractivity contribution in [3.8, 4) is 0 Å². The second-order valence-corrected chi connectivity index (χ2v) is 4.49. The van der Waals surface area contributed by atoms with Gasteiger partial charge in [0.2, 0.25) is 0 Å². The lowest BCUT2D eigenvalue weighted by atomic mass is 10.1. The molecule has 1 aromatic heterocycles. The fourth-order valence-corrected chi connectivity index (χ4v) is 2.21.